The van der Waals surface area contributed by atoms with Gasteiger partial charge in [-0.2, -0.15) is 0 Å². The highest BCUT2D eigenvalue weighted by Crippen LogP contribution is 2.57. The Bertz CT molecular complexity index is 1280. The van der Waals surface area contributed by atoms with E-state index in [9.17, 15) is 9.59 Å². The van der Waals surface area contributed by atoms with Gasteiger partial charge >= 0.3 is 0 Å². The Hall–Kier alpha value is -2.15. The van der Waals surface area contributed by atoms with Crippen LogP contribution < -0.4 is 4.90 Å². The molecule has 33 heavy (non-hydrogen) atoms. The van der Waals surface area contributed by atoms with E-state index >= 15 is 0 Å². The SMILES string of the molecule is CCN1C(=O)C(=C2C(=O)N3c4c2cc(C)cc4C(C)(c2ccc(Cl)cc2)CC3(C)C)SC1=S. The Morgan fingerprint density at radius 1 is 1.09 bits per heavy atom. The van der Waals surface area contributed by atoms with E-state index in [-0.39, 0.29) is 17.2 Å². The van der Waals surface area contributed by atoms with Gasteiger partial charge in [-0.05, 0) is 63.4 Å². The zero-order valence-electron chi connectivity index (χ0n) is 19.3. The van der Waals surface area contributed by atoms with Crippen molar-refractivity contribution < 1.29 is 9.59 Å². The summed E-state index contributed by atoms with van der Waals surface area (Å²) >= 11 is 12.9. The zero-order valence-corrected chi connectivity index (χ0v) is 21.7. The van der Waals surface area contributed by atoms with Crippen molar-refractivity contribution >= 4 is 63.0 Å². The lowest BCUT2D eigenvalue weighted by molar-refractivity contribution is -0.122. The van der Waals surface area contributed by atoms with E-state index in [4.69, 9.17) is 23.8 Å². The number of thioether (sulfide) groups is 1. The molecule has 0 N–H and O–H groups in total. The number of carbonyl (C=O) groups is 2. The van der Waals surface area contributed by atoms with Crippen LogP contribution in [0.25, 0.3) is 5.57 Å². The van der Waals surface area contributed by atoms with Crippen LogP contribution in [0.4, 0.5) is 5.69 Å². The summed E-state index contributed by atoms with van der Waals surface area (Å²) in [5.41, 5.74) is 4.77. The number of halogens is 1. The molecule has 0 spiro atoms. The maximum Gasteiger partial charge on any atom is 0.266 e. The van der Waals surface area contributed by atoms with Crippen molar-refractivity contribution in [1.29, 1.82) is 0 Å². The van der Waals surface area contributed by atoms with Crippen LogP contribution >= 0.6 is 35.6 Å². The Morgan fingerprint density at radius 3 is 2.36 bits per heavy atom. The maximum absolute atomic E-state index is 14.0. The maximum atomic E-state index is 14.0. The Morgan fingerprint density at radius 2 is 1.76 bits per heavy atom. The summed E-state index contributed by atoms with van der Waals surface area (Å²) in [6.07, 6.45) is 0.743. The minimum atomic E-state index is -0.456. The molecule has 2 aromatic carbocycles. The minimum absolute atomic E-state index is 0.114. The first kappa shape index (κ1) is 22.6. The monoisotopic (exact) mass is 496 g/mol. The number of amides is 2. The van der Waals surface area contributed by atoms with Gasteiger partial charge in [0.1, 0.15) is 4.32 Å². The summed E-state index contributed by atoms with van der Waals surface area (Å²) in [5.74, 6) is -0.291. The molecule has 1 fully saturated rings. The fourth-order valence-electron chi connectivity index (χ4n) is 5.69. The zero-order chi connectivity index (χ0) is 23.9. The molecule has 3 aliphatic heterocycles. The number of likely N-dealkylation sites (N-methyl/N-ethyl adjacent to an activating group) is 1. The van der Waals surface area contributed by atoms with Crippen molar-refractivity contribution in [2.75, 3.05) is 11.4 Å². The molecule has 5 rings (SSSR count). The lowest BCUT2D eigenvalue weighted by Crippen LogP contribution is -2.54. The topological polar surface area (TPSA) is 40.6 Å². The fraction of sp³-hybridized carbons (Fsp3) is 0.346. The number of aryl methyl sites for hydroxylation is 1. The number of benzene rings is 2. The van der Waals surface area contributed by atoms with Crippen molar-refractivity contribution in [3.63, 3.8) is 0 Å². The molecule has 2 amide bonds. The Kier molecular flexibility index (Phi) is 5.09. The first-order chi connectivity index (χ1) is 15.5. The lowest BCUT2D eigenvalue weighted by atomic mass is 9.65. The van der Waals surface area contributed by atoms with Gasteiger partial charge in [0.2, 0.25) is 0 Å². The average molecular weight is 497 g/mol. The van der Waals surface area contributed by atoms with Crippen LogP contribution in [0.2, 0.25) is 5.02 Å². The predicted molar refractivity (Wildman–Crippen MR) is 140 cm³/mol. The number of carbonyl (C=O) groups excluding carboxylic acids is 2. The summed E-state index contributed by atoms with van der Waals surface area (Å²) < 4.78 is 0.505. The molecule has 0 aliphatic carbocycles. The normalized spacial score (nSPS) is 25.8. The summed E-state index contributed by atoms with van der Waals surface area (Å²) in [5, 5.41) is 0.698. The Balaban J connectivity index is 1.81. The molecule has 3 aliphatic rings. The minimum Gasteiger partial charge on any atom is -0.302 e. The quantitative estimate of drug-likeness (QED) is 0.373. The largest absolute Gasteiger partial charge is 0.302 e. The van der Waals surface area contributed by atoms with Crippen molar-refractivity contribution in [1.82, 2.24) is 4.90 Å². The molecule has 170 valence electrons. The molecule has 0 saturated carbocycles. The highest BCUT2D eigenvalue weighted by molar-refractivity contribution is 8.26. The second kappa shape index (κ2) is 7.42. The van der Waals surface area contributed by atoms with Crippen LogP contribution in [0, 0.1) is 6.92 Å². The molecule has 7 heteroatoms. The molecule has 1 atom stereocenters. The fourth-order valence-corrected chi connectivity index (χ4v) is 7.28. The van der Waals surface area contributed by atoms with E-state index in [0.717, 1.165) is 34.4 Å². The van der Waals surface area contributed by atoms with Gasteiger partial charge in [-0.15, -0.1) is 0 Å². The molecular formula is C26H25ClN2O2S2. The molecule has 1 unspecified atom stereocenters. The van der Waals surface area contributed by atoms with E-state index in [2.05, 4.69) is 39.0 Å². The predicted octanol–water partition coefficient (Wildman–Crippen LogP) is 6.07. The lowest BCUT2D eigenvalue weighted by Gasteiger charge is -2.50. The number of hydrogen-bond donors (Lipinski definition) is 0. The summed E-state index contributed by atoms with van der Waals surface area (Å²) in [7, 11) is 0. The van der Waals surface area contributed by atoms with Crippen molar-refractivity contribution in [2.45, 2.75) is 52.0 Å². The molecule has 0 bridgehead atoms. The molecule has 0 radical (unpaired) electrons. The van der Waals surface area contributed by atoms with Crippen LogP contribution in [0.3, 0.4) is 0 Å². The van der Waals surface area contributed by atoms with Gasteiger partial charge in [-0.25, -0.2) is 0 Å². The standard InChI is InChI=1S/C26H25ClN2O2S2/c1-6-28-23(31)21(33-24(28)32)19-17-11-14(2)12-18-20(17)29(22(19)30)25(3,4)13-26(18,5)15-7-9-16(27)10-8-15/h7-12H,6,13H2,1-5H3. The summed E-state index contributed by atoms with van der Waals surface area (Å²) in [6, 6.07) is 12.2. The van der Waals surface area contributed by atoms with E-state index in [0.29, 0.717) is 26.4 Å². The third kappa shape index (κ3) is 3.14. The summed E-state index contributed by atoms with van der Waals surface area (Å²) in [4.78, 5) is 31.1. The molecule has 4 nitrogen and oxygen atoms in total. The van der Waals surface area contributed by atoms with E-state index < -0.39 is 5.54 Å². The highest BCUT2D eigenvalue weighted by atomic mass is 35.5. The van der Waals surface area contributed by atoms with Gasteiger partial charge in [-0.3, -0.25) is 14.5 Å². The molecule has 0 aromatic heterocycles. The Labute approximate surface area is 209 Å². The van der Waals surface area contributed by atoms with Gasteiger partial charge in [0, 0.05) is 28.1 Å². The van der Waals surface area contributed by atoms with Crippen LogP contribution in [-0.4, -0.2) is 33.1 Å². The number of nitrogens with zero attached hydrogens (tertiary/aromatic N) is 2. The van der Waals surface area contributed by atoms with E-state index in [1.54, 1.807) is 4.90 Å². The number of rotatable bonds is 2. The van der Waals surface area contributed by atoms with Crippen LogP contribution in [0.1, 0.15) is 56.4 Å². The highest BCUT2D eigenvalue weighted by Gasteiger charge is 2.54. The first-order valence-electron chi connectivity index (χ1n) is 11.0. The summed E-state index contributed by atoms with van der Waals surface area (Å²) in [6.45, 7) is 10.9. The van der Waals surface area contributed by atoms with Crippen molar-refractivity contribution in [3.8, 4) is 0 Å². The van der Waals surface area contributed by atoms with Gasteiger partial charge in [0.05, 0.1) is 16.2 Å². The number of hydrogen-bond acceptors (Lipinski definition) is 4. The second-order valence-corrected chi connectivity index (χ2v) is 11.9. The third-order valence-electron chi connectivity index (χ3n) is 7.02. The smallest absolute Gasteiger partial charge is 0.266 e. The second-order valence-electron chi connectivity index (χ2n) is 9.80. The molecule has 1 saturated heterocycles. The van der Waals surface area contributed by atoms with Gasteiger partial charge in [0.25, 0.3) is 11.8 Å². The third-order valence-corrected chi connectivity index (χ3v) is 8.72. The van der Waals surface area contributed by atoms with Crippen LogP contribution in [0.5, 0.6) is 0 Å². The number of thiocarbonyl (C=S) groups is 1. The molecular weight excluding hydrogens is 472 g/mol. The van der Waals surface area contributed by atoms with Crippen molar-refractivity contribution in [3.05, 3.63) is 68.6 Å². The molecule has 3 heterocycles. The van der Waals surface area contributed by atoms with Crippen LogP contribution in [0.15, 0.2) is 41.3 Å². The van der Waals surface area contributed by atoms with E-state index in [1.165, 1.54) is 11.8 Å². The van der Waals surface area contributed by atoms with Crippen molar-refractivity contribution in [2.24, 2.45) is 0 Å². The average Bonchev–Trinajstić information content (AvgIpc) is 3.18. The van der Waals surface area contributed by atoms with Crippen LogP contribution in [-0.2, 0) is 15.0 Å². The van der Waals surface area contributed by atoms with E-state index in [1.807, 2.05) is 36.9 Å². The van der Waals surface area contributed by atoms with Gasteiger partial charge < -0.3 is 4.90 Å². The van der Waals surface area contributed by atoms with Gasteiger partial charge in [0.15, 0.2) is 0 Å². The molecule has 2 aromatic rings. The van der Waals surface area contributed by atoms with Gasteiger partial charge in [-0.1, -0.05) is 66.3 Å². The first-order valence-corrected chi connectivity index (χ1v) is 12.6. The number of anilines is 1.